The van der Waals surface area contributed by atoms with Gasteiger partial charge in [0.15, 0.2) is 0 Å². The van der Waals surface area contributed by atoms with E-state index in [9.17, 15) is 10.1 Å². The third kappa shape index (κ3) is 4.48. The van der Waals surface area contributed by atoms with E-state index >= 15 is 0 Å². The summed E-state index contributed by atoms with van der Waals surface area (Å²) in [6.07, 6.45) is 1.65. The molecule has 0 bridgehead atoms. The first-order chi connectivity index (χ1) is 9.47. The second-order valence-electron chi connectivity index (χ2n) is 5.03. The van der Waals surface area contributed by atoms with E-state index in [1.807, 2.05) is 6.92 Å². The highest BCUT2D eigenvalue weighted by Crippen LogP contribution is 2.30. The maximum atomic E-state index is 11.1. The first-order valence-electron chi connectivity index (χ1n) is 7.05. The number of hydrogen-bond donors (Lipinski definition) is 1. The molecule has 0 aromatic carbocycles. The van der Waals surface area contributed by atoms with Crippen LogP contribution in [-0.2, 0) is 6.54 Å². The Hall–Kier alpha value is -1.63. The molecule has 0 aliphatic carbocycles. The summed E-state index contributed by atoms with van der Waals surface area (Å²) in [5.74, 6) is 0.277. The molecule has 0 fully saturated rings. The lowest BCUT2D eigenvalue weighted by Gasteiger charge is -2.10. The van der Waals surface area contributed by atoms with Gasteiger partial charge in [-0.2, -0.15) is 5.10 Å². The average Bonchev–Trinajstić information content (AvgIpc) is 2.65. The van der Waals surface area contributed by atoms with Crippen LogP contribution >= 0.6 is 0 Å². The molecule has 7 heteroatoms. The highest BCUT2D eigenvalue weighted by molar-refractivity contribution is 5.45. The SMILES string of the molecule is CCCn1nc(C)c([N+](=O)[O-])c1OCCCNC(C)C. The largest absolute Gasteiger partial charge is 0.473 e. The maximum Gasteiger partial charge on any atom is 0.353 e. The Labute approximate surface area is 119 Å². The summed E-state index contributed by atoms with van der Waals surface area (Å²) in [6.45, 7) is 9.67. The van der Waals surface area contributed by atoms with Crippen molar-refractivity contribution in [2.75, 3.05) is 13.2 Å². The summed E-state index contributed by atoms with van der Waals surface area (Å²) in [5, 5.41) is 18.6. The van der Waals surface area contributed by atoms with Crippen LogP contribution in [0.5, 0.6) is 5.88 Å². The minimum atomic E-state index is -0.420. The van der Waals surface area contributed by atoms with Gasteiger partial charge in [0.25, 0.3) is 5.88 Å². The summed E-state index contributed by atoms with van der Waals surface area (Å²) in [7, 11) is 0. The molecule has 7 nitrogen and oxygen atoms in total. The van der Waals surface area contributed by atoms with Gasteiger partial charge < -0.3 is 10.1 Å². The number of rotatable bonds is 9. The molecule has 1 rings (SSSR count). The smallest absolute Gasteiger partial charge is 0.353 e. The van der Waals surface area contributed by atoms with Crippen molar-refractivity contribution < 1.29 is 9.66 Å². The van der Waals surface area contributed by atoms with E-state index in [-0.39, 0.29) is 11.6 Å². The van der Waals surface area contributed by atoms with Crippen molar-refractivity contribution in [2.45, 2.75) is 53.1 Å². The number of aromatic nitrogens is 2. The first-order valence-corrected chi connectivity index (χ1v) is 7.05. The molecule has 0 atom stereocenters. The molecular formula is C13H24N4O3. The van der Waals surface area contributed by atoms with Crippen LogP contribution in [0.3, 0.4) is 0 Å². The zero-order valence-corrected chi connectivity index (χ0v) is 12.7. The quantitative estimate of drug-likeness (QED) is 0.427. The molecule has 0 aliphatic heterocycles. The third-order valence-corrected chi connectivity index (χ3v) is 2.78. The van der Waals surface area contributed by atoms with Gasteiger partial charge >= 0.3 is 5.69 Å². The minimum absolute atomic E-state index is 0.0183. The molecule has 0 saturated carbocycles. The van der Waals surface area contributed by atoms with E-state index < -0.39 is 4.92 Å². The molecule has 0 radical (unpaired) electrons. The molecular weight excluding hydrogens is 260 g/mol. The van der Waals surface area contributed by atoms with Crippen LogP contribution in [0.4, 0.5) is 5.69 Å². The van der Waals surface area contributed by atoms with Crippen molar-refractivity contribution in [1.82, 2.24) is 15.1 Å². The Balaban J connectivity index is 2.68. The monoisotopic (exact) mass is 284 g/mol. The van der Waals surface area contributed by atoms with E-state index in [1.165, 1.54) is 0 Å². The summed E-state index contributed by atoms with van der Waals surface area (Å²) in [4.78, 5) is 10.7. The fraction of sp³-hybridized carbons (Fsp3) is 0.769. The van der Waals surface area contributed by atoms with Crippen molar-refractivity contribution in [1.29, 1.82) is 0 Å². The number of nitrogens with zero attached hydrogens (tertiary/aromatic N) is 3. The predicted molar refractivity (Wildman–Crippen MR) is 77.2 cm³/mol. The summed E-state index contributed by atoms with van der Waals surface area (Å²) < 4.78 is 7.19. The van der Waals surface area contributed by atoms with E-state index in [2.05, 4.69) is 24.3 Å². The first kappa shape index (κ1) is 16.4. The van der Waals surface area contributed by atoms with Crippen molar-refractivity contribution in [3.05, 3.63) is 15.8 Å². The summed E-state index contributed by atoms with van der Waals surface area (Å²) in [6, 6.07) is 0.428. The number of aryl methyl sites for hydroxylation is 2. The van der Waals surface area contributed by atoms with Crippen LogP contribution in [0.15, 0.2) is 0 Å². The van der Waals surface area contributed by atoms with Crippen LogP contribution in [0, 0.1) is 17.0 Å². The number of ether oxygens (including phenoxy) is 1. The van der Waals surface area contributed by atoms with E-state index in [0.717, 1.165) is 19.4 Å². The van der Waals surface area contributed by atoms with Gasteiger partial charge in [-0.15, -0.1) is 0 Å². The molecule has 1 aromatic heterocycles. The standard InChI is InChI=1S/C13H24N4O3/c1-5-8-16-13(12(17(18)19)11(4)15-16)20-9-6-7-14-10(2)3/h10,14H,5-9H2,1-4H3. The highest BCUT2D eigenvalue weighted by Gasteiger charge is 2.26. The van der Waals surface area contributed by atoms with Gasteiger partial charge in [-0.3, -0.25) is 10.1 Å². The molecule has 0 saturated heterocycles. The van der Waals surface area contributed by atoms with Gasteiger partial charge in [0.2, 0.25) is 0 Å². The van der Waals surface area contributed by atoms with Gasteiger partial charge in [0.1, 0.15) is 5.69 Å². The second kappa shape index (κ2) is 7.84. The molecule has 1 N–H and O–H groups in total. The van der Waals surface area contributed by atoms with E-state index in [1.54, 1.807) is 11.6 Å². The van der Waals surface area contributed by atoms with Gasteiger partial charge in [-0.1, -0.05) is 20.8 Å². The third-order valence-electron chi connectivity index (χ3n) is 2.78. The molecule has 0 unspecified atom stereocenters. The van der Waals surface area contributed by atoms with Crippen LogP contribution in [0.1, 0.15) is 39.3 Å². The topological polar surface area (TPSA) is 82.2 Å². The summed E-state index contributed by atoms with van der Waals surface area (Å²) >= 11 is 0. The van der Waals surface area contributed by atoms with Crippen LogP contribution in [-0.4, -0.2) is 33.9 Å². The molecule has 0 amide bonds. The number of hydrogen-bond acceptors (Lipinski definition) is 5. The fourth-order valence-electron chi connectivity index (χ4n) is 1.90. The second-order valence-corrected chi connectivity index (χ2v) is 5.03. The maximum absolute atomic E-state index is 11.1. The van der Waals surface area contributed by atoms with Gasteiger partial charge in [0.05, 0.1) is 11.5 Å². The molecule has 20 heavy (non-hydrogen) atoms. The average molecular weight is 284 g/mol. The Morgan fingerprint density at radius 1 is 1.50 bits per heavy atom. The Bertz CT molecular complexity index is 443. The predicted octanol–water partition coefficient (Wildman–Crippen LogP) is 2.28. The van der Waals surface area contributed by atoms with Crippen molar-refractivity contribution in [3.8, 4) is 5.88 Å². The van der Waals surface area contributed by atoms with Crippen LogP contribution < -0.4 is 10.1 Å². The van der Waals surface area contributed by atoms with Crippen molar-refractivity contribution in [2.24, 2.45) is 0 Å². The van der Waals surface area contributed by atoms with E-state index in [0.29, 0.717) is 24.9 Å². The van der Waals surface area contributed by atoms with E-state index in [4.69, 9.17) is 4.74 Å². The number of nitrogens with one attached hydrogen (secondary N) is 1. The van der Waals surface area contributed by atoms with Crippen molar-refractivity contribution >= 4 is 5.69 Å². The Morgan fingerprint density at radius 2 is 2.20 bits per heavy atom. The lowest BCUT2D eigenvalue weighted by atomic mass is 10.3. The molecule has 1 heterocycles. The molecule has 1 aromatic rings. The minimum Gasteiger partial charge on any atom is -0.473 e. The Kier molecular flexibility index (Phi) is 6.44. The van der Waals surface area contributed by atoms with Crippen LogP contribution in [0.2, 0.25) is 0 Å². The summed E-state index contributed by atoms with van der Waals surface area (Å²) in [5.41, 5.74) is 0.383. The highest BCUT2D eigenvalue weighted by atomic mass is 16.6. The van der Waals surface area contributed by atoms with Gasteiger partial charge in [-0.05, 0) is 26.3 Å². The fourth-order valence-corrected chi connectivity index (χ4v) is 1.90. The molecule has 114 valence electrons. The zero-order valence-electron chi connectivity index (χ0n) is 12.7. The van der Waals surface area contributed by atoms with Crippen LogP contribution in [0.25, 0.3) is 0 Å². The molecule has 0 aliphatic rings. The molecule has 0 spiro atoms. The number of nitro groups is 1. The van der Waals surface area contributed by atoms with Gasteiger partial charge in [-0.25, -0.2) is 4.68 Å². The van der Waals surface area contributed by atoms with Gasteiger partial charge in [0, 0.05) is 12.6 Å². The lowest BCUT2D eigenvalue weighted by molar-refractivity contribution is -0.386. The zero-order chi connectivity index (χ0) is 15.1. The normalized spacial score (nSPS) is 11.1. The Morgan fingerprint density at radius 3 is 2.75 bits per heavy atom. The lowest BCUT2D eigenvalue weighted by Crippen LogP contribution is -2.25. The van der Waals surface area contributed by atoms with Crippen molar-refractivity contribution in [3.63, 3.8) is 0 Å².